The van der Waals surface area contributed by atoms with Crippen molar-refractivity contribution in [3.05, 3.63) is 58.9 Å². The Morgan fingerprint density at radius 3 is 2.52 bits per heavy atom. The zero-order valence-electron chi connectivity index (χ0n) is 11.7. The van der Waals surface area contributed by atoms with Crippen molar-refractivity contribution in [1.82, 2.24) is 4.98 Å². The largest absolute Gasteiger partial charge is 0.322 e. The summed E-state index contributed by atoms with van der Waals surface area (Å²) in [5.41, 5.74) is 1.29. The number of amides is 1. The molecular formula is C16H14ClN3O. The molecule has 106 valence electrons. The van der Waals surface area contributed by atoms with Crippen LogP contribution in [0.2, 0.25) is 5.02 Å². The Labute approximate surface area is 128 Å². The summed E-state index contributed by atoms with van der Waals surface area (Å²) in [6.45, 7) is 3.69. The van der Waals surface area contributed by atoms with Gasteiger partial charge in [0, 0.05) is 18.1 Å². The number of carbonyl (C=O) groups is 1. The van der Waals surface area contributed by atoms with Crippen molar-refractivity contribution in [1.29, 1.82) is 5.26 Å². The highest BCUT2D eigenvalue weighted by molar-refractivity contribution is 6.34. The van der Waals surface area contributed by atoms with E-state index >= 15 is 0 Å². The number of rotatable bonds is 3. The molecule has 0 saturated carbocycles. The number of nitrogens with zero attached hydrogens (tertiary/aromatic N) is 2. The first-order valence-corrected chi connectivity index (χ1v) is 6.74. The van der Waals surface area contributed by atoms with Crippen molar-refractivity contribution < 1.29 is 4.79 Å². The number of anilines is 1. The van der Waals surface area contributed by atoms with Crippen LogP contribution in [0.5, 0.6) is 0 Å². The van der Waals surface area contributed by atoms with Gasteiger partial charge in [0.15, 0.2) is 0 Å². The molecule has 1 heterocycles. The molecule has 1 amide bonds. The Balaban J connectivity index is 2.17. The number of aromatic nitrogens is 1. The van der Waals surface area contributed by atoms with Gasteiger partial charge in [-0.3, -0.25) is 9.78 Å². The molecule has 0 aliphatic rings. The highest BCUT2D eigenvalue weighted by Gasteiger charge is 2.19. The van der Waals surface area contributed by atoms with Gasteiger partial charge in [0.1, 0.15) is 0 Å². The molecule has 0 spiro atoms. The minimum Gasteiger partial charge on any atom is -0.322 e. The molecule has 21 heavy (non-hydrogen) atoms. The fraction of sp³-hybridized carbons (Fsp3) is 0.188. The number of benzene rings is 1. The molecule has 0 saturated heterocycles. The Kier molecular flexibility index (Phi) is 4.25. The van der Waals surface area contributed by atoms with Gasteiger partial charge in [0.05, 0.1) is 22.1 Å². The second-order valence-corrected chi connectivity index (χ2v) is 5.53. The fourth-order valence-electron chi connectivity index (χ4n) is 1.78. The summed E-state index contributed by atoms with van der Waals surface area (Å²) in [5.74, 6) is -0.319. The fourth-order valence-corrected chi connectivity index (χ4v) is 1.97. The minimum absolute atomic E-state index is 0.319. The van der Waals surface area contributed by atoms with Gasteiger partial charge in [-0.1, -0.05) is 23.7 Å². The van der Waals surface area contributed by atoms with Gasteiger partial charge in [-0.05, 0) is 37.6 Å². The lowest BCUT2D eigenvalue weighted by Crippen LogP contribution is -2.15. The molecule has 0 bridgehead atoms. The number of nitrogens with one attached hydrogen (secondary N) is 1. The lowest BCUT2D eigenvalue weighted by molar-refractivity contribution is 0.102. The van der Waals surface area contributed by atoms with Crippen molar-refractivity contribution in [3.63, 3.8) is 0 Å². The molecule has 5 heteroatoms. The maximum Gasteiger partial charge on any atom is 0.258 e. The number of pyridine rings is 1. The normalized spacial score (nSPS) is 10.8. The number of hydrogen-bond donors (Lipinski definition) is 1. The van der Waals surface area contributed by atoms with Crippen molar-refractivity contribution in [2.45, 2.75) is 19.3 Å². The van der Waals surface area contributed by atoms with E-state index in [1.807, 2.05) is 26.0 Å². The van der Waals surface area contributed by atoms with Crippen molar-refractivity contribution in [3.8, 4) is 6.07 Å². The predicted octanol–water partition coefficient (Wildman–Crippen LogP) is 3.79. The Morgan fingerprint density at radius 1 is 1.29 bits per heavy atom. The summed E-state index contributed by atoms with van der Waals surface area (Å²) < 4.78 is 0. The van der Waals surface area contributed by atoms with Crippen LogP contribution in [0.1, 0.15) is 29.8 Å². The predicted molar refractivity (Wildman–Crippen MR) is 82.3 cm³/mol. The molecular weight excluding hydrogens is 286 g/mol. The van der Waals surface area contributed by atoms with E-state index in [1.54, 1.807) is 18.2 Å². The molecule has 4 nitrogen and oxygen atoms in total. The third kappa shape index (κ3) is 3.39. The van der Waals surface area contributed by atoms with E-state index in [0.29, 0.717) is 16.3 Å². The van der Waals surface area contributed by atoms with E-state index in [2.05, 4.69) is 16.4 Å². The zero-order valence-corrected chi connectivity index (χ0v) is 12.5. The molecule has 0 unspecified atom stereocenters. The van der Waals surface area contributed by atoms with Crippen molar-refractivity contribution in [2.24, 2.45) is 0 Å². The number of hydrogen-bond acceptors (Lipinski definition) is 3. The summed E-state index contributed by atoms with van der Waals surface area (Å²) in [7, 11) is 0. The van der Waals surface area contributed by atoms with Crippen molar-refractivity contribution in [2.75, 3.05) is 5.32 Å². The van der Waals surface area contributed by atoms with E-state index < -0.39 is 5.41 Å². The monoisotopic (exact) mass is 299 g/mol. The standard InChI is InChI=1S/C16H14ClN3O/c1-16(2,10-18)11-3-5-12(6-4-11)20-15(21)13-9-19-8-7-14(13)17/h3-9H,1-2H3,(H,20,21). The van der Waals surface area contributed by atoms with Crippen molar-refractivity contribution >= 4 is 23.2 Å². The lowest BCUT2D eigenvalue weighted by atomic mass is 9.86. The van der Waals surface area contributed by atoms with Crippen LogP contribution in [-0.2, 0) is 5.41 Å². The second kappa shape index (κ2) is 5.94. The van der Waals surface area contributed by atoms with Crippen LogP contribution < -0.4 is 5.32 Å². The zero-order chi connectivity index (χ0) is 15.5. The number of carbonyl (C=O) groups excluding carboxylic acids is 1. The van der Waals surface area contributed by atoms with Crippen LogP contribution in [0.15, 0.2) is 42.7 Å². The smallest absolute Gasteiger partial charge is 0.258 e. The molecule has 0 fully saturated rings. The Bertz CT molecular complexity index is 702. The van der Waals surface area contributed by atoms with E-state index in [1.165, 1.54) is 12.4 Å². The van der Waals surface area contributed by atoms with E-state index in [-0.39, 0.29) is 5.91 Å². The molecule has 2 rings (SSSR count). The minimum atomic E-state index is -0.560. The summed E-state index contributed by atoms with van der Waals surface area (Å²) in [5, 5.41) is 12.2. The average molecular weight is 300 g/mol. The number of halogens is 1. The van der Waals surface area contributed by atoms with E-state index in [0.717, 1.165) is 5.56 Å². The summed E-state index contributed by atoms with van der Waals surface area (Å²) in [6, 6.07) is 11.0. The average Bonchev–Trinajstić information content (AvgIpc) is 2.48. The molecule has 0 aliphatic carbocycles. The maximum absolute atomic E-state index is 12.1. The lowest BCUT2D eigenvalue weighted by Gasteiger charge is -2.16. The molecule has 0 atom stereocenters. The Hall–Kier alpha value is -2.38. The number of nitriles is 1. The van der Waals surface area contributed by atoms with Crippen LogP contribution in [0.4, 0.5) is 5.69 Å². The van der Waals surface area contributed by atoms with Gasteiger partial charge in [-0.25, -0.2) is 0 Å². The van der Waals surface area contributed by atoms with Gasteiger partial charge in [-0.2, -0.15) is 5.26 Å². The van der Waals surface area contributed by atoms with Gasteiger partial charge in [0.2, 0.25) is 0 Å². The van der Waals surface area contributed by atoms with Gasteiger partial charge in [0.25, 0.3) is 5.91 Å². The molecule has 2 aromatic rings. The first-order valence-electron chi connectivity index (χ1n) is 6.37. The van der Waals surface area contributed by atoms with Gasteiger partial charge >= 0.3 is 0 Å². The topological polar surface area (TPSA) is 65.8 Å². The SMILES string of the molecule is CC(C)(C#N)c1ccc(NC(=O)c2cnccc2Cl)cc1. The first kappa shape index (κ1) is 15.0. The van der Waals surface area contributed by atoms with Crippen LogP contribution >= 0.6 is 11.6 Å². The molecule has 0 aliphatic heterocycles. The summed E-state index contributed by atoms with van der Waals surface area (Å²) in [4.78, 5) is 16.0. The van der Waals surface area contributed by atoms with Crippen LogP contribution in [-0.4, -0.2) is 10.9 Å². The first-order chi connectivity index (χ1) is 9.94. The molecule has 1 N–H and O–H groups in total. The molecule has 1 aromatic carbocycles. The third-order valence-electron chi connectivity index (χ3n) is 3.16. The second-order valence-electron chi connectivity index (χ2n) is 5.12. The van der Waals surface area contributed by atoms with E-state index in [4.69, 9.17) is 16.9 Å². The summed E-state index contributed by atoms with van der Waals surface area (Å²) in [6.07, 6.45) is 2.95. The summed E-state index contributed by atoms with van der Waals surface area (Å²) >= 11 is 5.95. The molecule has 1 aromatic heterocycles. The Morgan fingerprint density at radius 2 is 1.95 bits per heavy atom. The highest BCUT2D eigenvalue weighted by atomic mass is 35.5. The van der Waals surface area contributed by atoms with Crippen LogP contribution in [0, 0.1) is 11.3 Å². The quantitative estimate of drug-likeness (QED) is 0.937. The molecule has 0 radical (unpaired) electrons. The van der Waals surface area contributed by atoms with Gasteiger partial charge in [-0.15, -0.1) is 0 Å². The van der Waals surface area contributed by atoms with Crippen LogP contribution in [0.25, 0.3) is 0 Å². The van der Waals surface area contributed by atoms with E-state index in [9.17, 15) is 4.79 Å². The highest BCUT2D eigenvalue weighted by Crippen LogP contribution is 2.24. The van der Waals surface area contributed by atoms with Gasteiger partial charge < -0.3 is 5.32 Å². The third-order valence-corrected chi connectivity index (χ3v) is 3.49. The maximum atomic E-state index is 12.1. The van der Waals surface area contributed by atoms with Crippen LogP contribution in [0.3, 0.4) is 0 Å².